The predicted molar refractivity (Wildman–Crippen MR) is 81.3 cm³/mol. The molecule has 3 rings (SSSR count). The fourth-order valence-corrected chi connectivity index (χ4v) is 2.75. The van der Waals surface area contributed by atoms with E-state index in [1.165, 1.54) is 0 Å². The summed E-state index contributed by atoms with van der Waals surface area (Å²) < 4.78 is 5.86. The van der Waals surface area contributed by atoms with Crippen LogP contribution < -0.4 is 5.32 Å². The fourth-order valence-electron chi connectivity index (χ4n) is 2.17. The molecule has 0 spiro atoms. The highest BCUT2D eigenvalue weighted by Crippen LogP contribution is 2.12. The highest BCUT2D eigenvalue weighted by atomic mass is 32.1. The lowest BCUT2D eigenvalue weighted by atomic mass is 10.3. The number of aryl methyl sites for hydroxylation is 2. The third kappa shape index (κ3) is 2.92. The number of hydrogen-bond acceptors (Lipinski definition) is 5. The van der Waals surface area contributed by atoms with Gasteiger partial charge in [-0.15, -0.1) is 5.10 Å². The molecule has 0 fully saturated rings. The Morgan fingerprint density at radius 3 is 3.14 bits per heavy atom. The van der Waals surface area contributed by atoms with E-state index >= 15 is 0 Å². The molecule has 0 aliphatic carbocycles. The molecule has 0 bridgehead atoms. The topological polar surface area (TPSA) is 72.7 Å². The Balaban J connectivity index is 1.53. The molecule has 0 saturated carbocycles. The number of carbonyl (C=O) groups is 1. The Morgan fingerprint density at radius 2 is 2.33 bits per heavy atom. The minimum absolute atomic E-state index is 0.0991. The highest BCUT2D eigenvalue weighted by molar-refractivity contribution is 7.07. The normalized spacial score (nSPS) is 10.9. The number of nitrogens with zero attached hydrogens (tertiary/aromatic N) is 4. The molecule has 0 unspecified atom stereocenters. The molecule has 0 radical (unpaired) electrons. The number of amides is 1. The van der Waals surface area contributed by atoms with Crippen LogP contribution in [0.25, 0.3) is 11.0 Å². The van der Waals surface area contributed by atoms with Crippen molar-refractivity contribution >= 4 is 28.5 Å². The van der Waals surface area contributed by atoms with Gasteiger partial charge in [-0.1, -0.05) is 4.49 Å². The lowest BCUT2D eigenvalue weighted by Gasteiger charge is -2.06. The number of aromatic nitrogens is 4. The van der Waals surface area contributed by atoms with Gasteiger partial charge in [0.1, 0.15) is 10.5 Å². The average molecular weight is 301 g/mol. The maximum absolute atomic E-state index is 11.9. The number of rotatable bonds is 5. The van der Waals surface area contributed by atoms with Crippen molar-refractivity contribution in [3.05, 3.63) is 41.2 Å². The van der Waals surface area contributed by atoms with Gasteiger partial charge in [0, 0.05) is 30.9 Å². The van der Waals surface area contributed by atoms with Gasteiger partial charge in [0.05, 0.1) is 5.69 Å². The van der Waals surface area contributed by atoms with Gasteiger partial charge in [0.15, 0.2) is 0 Å². The largest absolute Gasteiger partial charge is 0.351 e. The molecule has 1 amide bonds. The van der Waals surface area contributed by atoms with E-state index in [4.69, 9.17) is 0 Å². The van der Waals surface area contributed by atoms with E-state index in [9.17, 15) is 4.79 Å². The number of fused-ring (bicyclic) bond motifs is 1. The van der Waals surface area contributed by atoms with Crippen molar-refractivity contribution in [3.63, 3.8) is 0 Å². The van der Waals surface area contributed by atoms with Crippen molar-refractivity contribution in [3.8, 4) is 0 Å². The average Bonchev–Trinajstić information content (AvgIpc) is 3.10. The first-order chi connectivity index (χ1) is 10.3. The fraction of sp³-hybridized carbons (Fsp3) is 0.286. The first-order valence-electron chi connectivity index (χ1n) is 6.73. The summed E-state index contributed by atoms with van der Waals surface area (Å²) >= 11 is 1.13. The zero-order chi connectivity index (χ0) is 14.7. The van der Waals surface area contributed by atoms with E-state index in [2.05, 4.69) is 24.5 Å². The van der Waals surface area contributed by atoms with E-state index in [0.29, 0.717) is 17.1 Å². The Hall–Kier alpha value is -2.28. The van der Waals surface area contributed by atoms with E-state index in [-0.39, 0.29) is 5.91 Å². The van der Waals surface area contributed by atoms with E-state index in [1.807, 2.05) is 24.4 Å². The standard InChI is InChI=1S/C14H15N5OS/c1-10-12(21-18-17-10)14(20)16-7-3-8-19-9-5-11-4-2-6-15-13(11)19/h2,4-6,9H,3,7-8H2,1H3,(H,16,20). The summed E-state index contributed by atoms with van der Waals surface area (Å²) in [6.45, 7) is 3.22. The molecule has 0 saturated heterocycles. The molecule has 6 nitrogen and oxygen atoms in total. The van der Waals surface area contributed by atoms with E-state index in [1.54, 1.807) is 13.1 Å². The van der Waals surface area contributed by atoms with Gasteiger partial charge in [-0.05, 0) is 43.1 Å². The molecule has 1 N–H and O–H groups in total. The van der Waals surface area contributed by atoms with Gasteiger partial charge < -0.3 is 9.88 Å². The molecule has 108 valence electrons. The molecule has 3 heterocycles. The zero-order valence-corrected chi connectivity index (χ0v) is 12.4. The summed E-state index contributed by atoms with van der Waals surface area (Å²) in [4.78, 5) is 16.9. The lowest BCUT2D eigenvalue weighted by Crippen LogP contribution is -2.25. The monoisotopic (exact) mass is 301 g/mol. The van der Waals surface area contributed by atoms with Crippen molar-refractivity contribution in [2.75, 3.05) is 6.54 Å². The van der Waals surface area contributed by atoms with Crippen LogP contribution in [0.4, 0.5) is 0 Å². The van der Waals surface area contributed by atoms with Crippen molar-refractivity contribution in [1.82, 2.24) is 24.5 Å². The minimum Gasteiger partial charge on any atom is -0.351 e. The van der Waals surface area contributed by atoms with Crippen LogP contribution in [0.5, 0.6) is 0 Å². The number of carbonyl (C=O) groups excluding carboxylic acids is 1. The second-order valence-electron chi connectivity index (χ2n) is 4.72. The molecule has 0 aliphatic rings. The van der Waals surface area contributed by atoms with Crippen molar-refractivity contribution in [2.24, 2.45) is 0 Å². The predicted octanol–water partition coefficient (Wildman–Crippen LogP) is 2.02. The molecule has 3 aromatic heterocycles. The third-order valence-electron chi connectivity index (χ3n) is 3.24. The smallest absolute Gasteiger partial charge is 0.264 e. The van der Waals surface area contributed by atoms with Gasteiger partial charge in [-0.25, -0.2) is 4.98 Å². The molecule has 21 heavy (non-hydrogen) atoms. The first-order valence-corrected chi connectivity index (χ1v) is 7.50. The number of pyridine rings is 1. The van der Waals surface area contributed by atoms with Gasteiger partial charge >= 0.3 is 0 Å². The van der Waals surface area contributed by atoms with Crippen molar-refractivity contribution in [1.29, 1.82) is 0 Å². The minimum atomic E-state index is -0.0991. The van der Waals surface area contributed by atoms with Crippen LogP contribution in [0.2, 0.25) is 0 Å². The maximum atomic E-state index is 11.9. The number of hydrogen-bond donors (Lipinski definition) is 1. The number of nitrogens with one attached hydrogen (secondary N) is 1. The van der Waals surface area contributed by atoms with Crippen LogP contribution in [0.3, 0.4) is 0 Å². The van der Waals surface area contributed by atoms with Gasteiger partial charge in [0.25, 0.3) is 5.91 Å². The van der Waals surface area contributed by atoms with Crippen LogP contribution in [-0.4, -0.2) is 31.6 Å². The Labute approximate surface area is 126 Å². The molecular weight excluding hydrogens is 286 g/mol. The third-order valence-corrected chi connectivity index (χ3v) is 4.07. The zero-order valence-electron chi connectivity index (χ0n) is 11.6. The Bertz CT molecular complexity index is 763. The summed E-state index contributed by atoms with van der Waals surface area (Å²) in [5, 5.41) is 7.86. The maximum Gasteiger partial charge on any atom is 0.264 e. The summed E-state index contributed by atoms with van der Waals surface area (Å²) in [7, 11) is 0. The molecule has 3 aromatic rings. The summed E-state index contributed by atoms with van der Waals surface area (Å²) in [6.07, 6.45) is 4.66. The van der Waals surface area contributed by atoms with Crippen molar-refractivity contribution in [2.45, 2.75) is 19.9 Å². The van der Waals surface area contributed by atoms with E-state index in [0.717, 1.165) is 35.5 Å². The van der Waals surface area contributed by atoms with Crippen LogP contribution >= 0.6 is 11.5 Å². The quantitative estimate of drug-likeness (QED) is 0.732. The van der Waals surface area contributed by atoms with E-state index < -0.39 is 0 Å². The second kappa shape index (κ2) is 6.01. The van der Waals surface area contributed by atoms with Gasteiger partial charge in [-0.3, -0.25) is 4.79 Å². The molecule has 0 aromatic carbocycles. The van der Waals surface area contributed by atoms with Crippen LogP contribution in [0, 0.1) is 6.92 Å². The molecule has 0 atom stereocenters. The SMILES string of the molecule is Cc1nnsc1C(=O)NCCCn1ccc2cccnc21. The summed E-state index contributed by atoms with van der Waals surface area (Å²) in [6, 6.07) is 6.02. The van der Waals surface area contributed by atoms with Gasteiger partial charge in [0.2, 0.25) is 0 Å². The molecule has 7 heteroatoms. The van der Waals surface area contributed by atoms with Gasteiger partial charge in [-0.2, -0.15) is 0 Å². The summed E-state index contributed by atoms with van der Waals surface area (Å²) in [5.41, 5.74) is 1.66. The van der Waals surface area contributed by atoms with Crippen LogP contribution in [0.1, 0.15) is 21.8 Å². The van der Waals surface area contributed by atoms with Crippen LogP contribution in [0.15, 0.2) is 30.6 Å². The Kier molecular flexibility index (Phi) is 3.92. The molecular formula is C14H15N5OS. The highest BCUT2D eigenvalue weighted by Gasteiger charge is 2.12. The first kappa shape index (κ1) is 13.7. The summed E-state index contributed by atoms with van der Waals surface area (Å²) in [5.74, 6) is -0.0991. The molecule has 0 aliphatic heterocycles. The van der Waals surface area contributed by atoms with Crippen LogP contribution in [-0.2, 0) is 6.54 Å². The Morgan fingerprint density at radius 1 is 1.43 bits per heavy atom. The van der Waals surface area contributed by atoms with Crippen molar-refractivity contribution < 1.29 is 4.79 Å². The lowest BCUT2D eigenvalue weighted by molar-refractivity contribution is 0.0956. The second-order valence-corrected chi connectivity index (χ2v) is 5.48.